The first-order chi connectivity index (χ1) is 12.3. The molecule has 0 spiro atoms. The van der Waals surface area contributed by atoms with Crippen molar-refractivity contribution in [1.29, 1.82) is 0 Å². The molecule has 2 aromatic rings. The van der Waals surface area contributed by atoms with Gasteiger partial charge in [0, 0.05) is 5.02 Å². The second-order valence-electron chi connectivity index (χ2n) is 5.21. The van der Waals surface area contributed by atoms with Crippen LogP contribution in [0.5, 0.6) is 5.75 Å². The lowest BCUT2D eigenvalue weighted by molar-refractivity contribution is -0.129. The van der Waals surface area contributed by atoms with Gasteiger partial charge in [0.1, 0.15) is 5.75 Å². The molecule has 0 radical (unpaired) electrons. The number of hydrogen-bond donors (Lipinski definition) is 2. The van der Waals surface area contributed by atoms with Crippen molar-refractivity contribution in [2.75, 3.05) is 11.9 Å². The lowest BCUT2D eigenvalue weighted by atomic mass is 10.2. The topological polar surface area (TPSA) is 67.4 Å². The van der Waals surface area contributed by atoms with E-state index < -0.39 is 47.6 Å². The Labute approximate surface area is 152 Å². The number of anilines is 1. The highest BCUT2D eigenvalue weighted by atomic mass is 35.5. The zero-order valence-electron chi connectivity index (χ0n) is 13.5. The van der Waals surface area contributed by atoms with E-state index in [0.29, 0.717) is 16.8 Å². The van der Waals surface area contributed by atoms with Crippen molar-refractivity contribution in [1.82, 2.24) is 5.32 Å². The number of rotatable bonds is 6. The molecule has 0 aliphatic heterocycles. The van der Waals surface area contributed by atoms with E-state index in [1.165, 1.54) is 13.0 Å². The summed E-state index contributed by atoms with van der Waals surface area (Å²) in [4.78, 5) is 23.6. The molecular formula is C17H14ClF3N2O3. The molecule has 0 aliphatic carbocycles. The van der Waals surface area contributed by atoms with Gasteiger partial charge >= 0.3 is 0 Å². The molecule has 0 fully saturated rings. The van der Waals surface area contributed by atoms with Gasteiger partial charge in [0.05, 0.1) is 12.2 Å². The first-order valence-electron chi connectivity index (χ1n) is 7.41. The Balaban J connectivity index is 1.86. The minimum absolute atomic E-state index is 0.369. The minimum atomic E-state index is -1.70. The van der Waals surface area contributed by atoms with Crippen molar-refractivity contribution in [2.24, 2.45) is 0 Å². The molecule has 1 unspecified atom stereocenters. The van der Waals surface area contributed by atoms with E-state index in [1.807, 2.05) is 5.32 Å². The molecule has 0 aromatic heterocycles. The molecule has 2 amide bonds. The molecule has 0 saturated heterocycles. The van der Waals surface area contributed by atoms with Crippen LogP contribution in [0.2, 0.25) is 5.02 Å². The molecule has 2 rings (SSSR count). The van der Waals surface area contributed by atoms with Crippen LogP contribution in [-0.2, 0) is 9.59 Å². The average Bonchev–Trinajstić information content (AvgIpc) is 2.60. The van der Waals surface area contributed by atoms with Crippen LogP contribution in [0.3, 0.4) is 0 Å². The van der Waals surface area contributed by atoms with Crippen LogP contribution in [-0.4, -0.2) is 24.5 Å². The van der Waals surface area contributed by atoms with Crippen molar-refractivity contribution in [3.63, 3.8) is 0 Å². The summed E-state index contributed by atoms with van der Waals surface area (Å²) in [6.45, 7) is 0.948. The summed E-state index contributed by atoms with van der Waals surface area (Å²) in [5, 5.41) is 4.75. The molecule has 5 nitrogen and oxygen atoms in total. The van der Waals surface area contributed by atoms with Crippen LogP contribution in [0.1, 0.15) is 6.92 Å². The third-order valence-corrected chi connectivity index (χ3v) is 3.45. The first-order valence-corrected chi connectivity index (χ1v) is 7.79. The van der Waals surface area contributed by atoms with E-state index in [-0.39, 0.29) is 0 Å². The van der Waals surface area contributed by atoms with Gasteiger partial charge < -0.3 is 15.4 Å². The maximum atomic E-state index is 13.5. The smallest absolute Gasteiger partial charge is 0.261 e. The third kappa shape index (κ3) is 5.13. The lowest BCUT2D eigenvalue weighted by Crippen LogP contribution is -2.40. The summed E-state index contributed by atoms with van der Waals surface area (Å²) in [6.07, 6.45) is -0.929. The SMILES string of the molecule is CC(Oc1cccc(Cl)c1)C(=O)NCC(=O)Nc1ccc(F)c(F)c1F. The molecule has 0 aliphatic rings. The van der Waals surface area contributed by atoms with E-state index in [0.717, 1.165) is 6.07 Å². The van der Waals surface area contributed by atoms with Crippen LogP contribution in [0.4, 0.5) is 18.9 Å². The summed E-state index contributed by atoms with van der Waals surface area (Å²) in [5.74, 6) is -5.66. The average molecular weight is 387 g/mol. The second-order valence-corrected chi connectivity index (χ2v) is 5.64. The number of carbonyl (C=O) groups is 2. The summed E-state index contributed by atoms with van der Waals surface area (Å²) in [6, 6.07) is 7.96. The minimum Gasteiger partial charge on any atom is -0.481 e. The molecule has 0 bridgehead atoms. The fourth-order valence-corrected chi connectivity index (χ4v) is 2.11. The normalized spacial score (nSPS) is 11.6. The first kappa shape index (κ1) is 19.6. The fraction of sp³-hybridized carbons (Fsp3) is 0.176. The van der Waals surface area contributed by atoms with E-state index in [2.05, 4.69) is 5.32 Å². The van der Waals surface area contributed by atoms with Crippen LogP contribution in [0.25, 0.3) is 0 Å². The summed E-state index contributed by atoms with van der Waals surface area (Å²) in [7, 11) is 0. The van der Waals surface area contributed by atoms with Crippen molar-refractivity contribution in [3.8, 4) is 5.75 Å². The predicted octanol–water partition coefficient (Wildman–Crippen LogP) is 3.28. The number of ether oxygens (including phenoxy) is 1. The Morgan fingerprint density at radius 2 is 1.88 bits per heavy atom. The van der Waals surface area contributed by atoms with Gasteiger partial charge in [-0.15, -0.1) is 0 Å². The molecule has 2 aromatic carbocycles. The van der Waals surface area contributed by atoms with E-state index in [4.69, 9.17) is 16.3 Å². The lowest BCUT2D eigenvalue weighted by Gasteiger charge is -2.15. The Hall–Kier alpha value is -2.74. The van der Waals surface area contributed by atoms with Crippen molar-refractivity contribution < 1.29 is 27.5 Å². The van der Waals surface area contributed by atoms with Crippen LogP contribution in [0.15, 0.2) is 36.4 Å². The maximum Gasteiger partial charge on any atom is 0.261 e. The quantitative estimate of drug-likeness (QED) is 0.749. The molecule has 2 N–H and O–H groups in total. The molecule has 1 atom stereocenters. The number of halogens is 4. The van der Waals surface area contributed by atoms with E-state index >= 15 is 0 Å². The summed E-state index contributed by atoms with van der Waals surface area (Å²) < 4.78 is 44.8. The van der Waals surface area contributed by atoms with Gasteiger partial charge in [-0.25, -0.2) is 13.2 Å². The maximum absolute atomic E-state index is 13.5. The third-order valence-electron chi connectivity index (χ3n) is 3.21. The zero-order valence-corrected chi connectivity index (χ0v) is 14.2. The molecule has 138 valence electrons. The number of hydrogen-bond acceptors (Lipinski definition) is 3. The second kappa shape index (κ2) is 8.57. The van der Waals surface area contributed by atoms with Crippen molar-refractivity contribution >= 4 is 29.1 Å². The number of benzene rings is 2. The molecule has 0 heterocycles. The van der Waals surface area contributed by atoms with Crippen LogP contribution < -0.4 is 15.4 Å². The Morgan fingerprint density at radius 1 is 1.15 bits per heavy atom. The van der Waals surface area contributed by atoms with Gasteiger partial charge in [-0.1, -0.05) is 17.7 Å². The van der Waals surface area contributed by atoms with Gasteiger partial charge in [-0.05, 0) is 37.3 Å². The highest BCUT2D eigenvalue weighted by molar-refractivity contribution is 6.30. The Bertz CT molecular complexity index is 833. The van der Waals surface area contributed by atoms with Crippen molar-refractivity contribution in [2.45, 2.75) is 13.0 Å². The largest absolute Gasteiger partial charge is 0.481 e. The number of nitrogens with one attached hydrogen (secondary N) is 2. The molecular weight excluding hydrogens is 373 g/mol. The van der Waals surface area contributed by atoms with Gasteiger partial charge in [0.25, 0.3) is 5.91 Å². The highest BCUT2D eigenvalue weighted by Crippen LogP contribution is 2.20. The highest BCUT2D eigenvalue weighted by Gasteiger charge is 2.18. The van der Waals surface area contributed by atoms with E-state index in [9.17, 15) is 22.8 Å². The monoisotopic (exact) mass is 386 g/mol. The fourth-order valence-electron chi connectivity index (χ4n) is 1.93. The number of carbonyl (C=O) groups excluding carboxylic acids is 2. The van der Waals surface area contributed by atoms with Gasteiger partial charge in [0.15, 0.2) is 23.6 Å². The van der Waals surface area contributed by atoms with Crippen LogP contribution >= 0.6 is 11.6 Å². The summed E-state index contributed by atoms with van der Waals surface area (Å²) >= 11 is 5.81. The molecule has 26 heavy (non-hydrogen) atoms. The standard InChI is InChI=1S/C17H14ClF3N2O3/c1-9(26-11-4-2-3-10(18)7-11)17(25)22-8-14(24)23-13-6-5-12(19)15(20)16(13)21/h2-7,9H,8H2,1H3,(H,22,25)(H,23,24). The Morgan fingerprint density at radius 3 is 2.58 bits per heavy atom. The van der Waals surface area contributed by atoms with Crippen molar-refractivity contribution in [3.05, 3.63) is 58.9 Å². The predicted molar refractivity (Wildman–Crippen MR) is 89.5 cm³/mol. The Kier molecular flexibility index (Phi) is 6.46. The van der Waals surface area contributed by atoms with Gasteiger partial charge in [-0.2, -0.15) is 0 Å². The molecule has 0 saturated carbocycles. The summed E-state index contributed by atoms with van der Waals surface area (Å²) in [5.41, 5.74) is -0.536. The number of amides is 2. The molecule has 9 heteroatoms. The zero-order chi connectivity index (χ0) is 19.3. The van der Waals surface area contributed by atoms with Crippen LogP contribution in [0, 0.1) is 17.5 Å². The van der Waals surface area contributed by atoms with Gasteiger partial charge in [0.2, 0.25) is 5.91 Å². The van der Waals surface area contributed by atoms with E-state index in [1.54, 1.807) is 18.2 Å². The van der Waals surface area contributed by atoms with Gasteiger partial charge in [-0.3, -0.25) is 9.59 Å².